The lowest BCUT2D eigenvalue weighted by Crippen LogP contribution is -2.02. The number of hydrogen-bond donors (Lipinski definition) is 2. The minimum atomic E-state index is -0.997. The number of benzene rings is 1. The summed E-state index contributed by atoms with van der Waals surface area (Å²) in [5.41, 5.74) is 10.6. The Bertz CT molecular complexity index is 953. The first-order chi connectivity index (χ1) is 12.0. The fraction of sp³-hybridized carbons (Fsp3) is 0.0526. The van der Waals surface area contributed by atoms with Gasteiger partial charge in [-0.15, -0.1) is 0 Å². The SMILES string of the molecule is Cc1nc(N)nc(-c2cccc(/C=C/C(=O)O)c2)c1-c1cccnc1. The molecule has 3 aromatic rings. The quantitative estimate of drug-likeness (QED) is 0.711. The summed E-state index contributed by atoms with van der Waals surface area (Å²) >= 11 is 0. The summed E-state index contributed by atoms with van der Waals surface area (Å²) in [6.45, 7) is 1.87. The molecule has 3 N–H and O–H groups in total. The summed E-state index contributed by atoms with van der Waals surface area (Å²) in [7, 11) is 0. The number of aryl methyl sites for hydroxylation is 1. The van der Waals surface area contributed by atoms with Crippen molar-refractivity contribution in [1.82, 2.24) is 15.0 Å². The Kier molecular flexibility index (Phi) is 4.52. The van der Waals surface area contributed by atoms with Gasteiger partial charge in [-0.3, -0.25) is 4.98 Å². The van der Waals surface area contributed by atoms with Gasteiger partial charge in [-0.1, -0.05) is 24.3 Å². The number of pyridine rings is 1. The molecule has 25 heavy (non-hydrogen) atoms. The van der Waals surface area contributed by atoms with Crippen LogP contribution in [0.15, 0.2) is 54.9 Å². The zero-order valence-corrected chi connectivity index (χ0v) is 13.5. The third kappa shape index (κ3) is 3.69. The Labute approximate surface area is 144 Å². The molecule has 0 saturated heterocycles. The molecular weight excluding hydrogens is 316 g/mol. The molecule has 124 valence electrons. The topological polar surface area (TPSA) is 102 Å². The van der Waals surface area contributed by atoms with Crippen molar-refractivity contribution in [2.75, 3.05) is 5.73 Å². The molecule has 0 spiro atoms. The number of carboxylic acid groups (broad SMARTS) is 1. The minimum Gasteiger partial charge on any atom is -0.478 e. The van der Waals surface area contributed by atoms with Gasteiger partial charge in [0.2, 0.25) is 5.95 Å². The minimum absolute atomic E-state index is 0.187. The smallest absolute Gasteiger partial charge is 0.328 e. The third-order valence-corrected chi connectivity index (χ3v) is 3.64. The number of hydrogen-bond acceptors (Lipinski definition) is 5. The molecule has 2 heterocycles. The highest BCUT2D eigenvalue weighted by Crippen LogP contribution is 2.33. The van der Waals surface area contributed by atoms with E-state index in [0.29, 0.717) is 5.69 Å². The van der Waals surface area contributed by atoms with Crippen molar-refractivity contribution in [1.29, 1.82) is 0 Å². The van der Waals surface area contributed by atoms with E-state index in [4.69, 9.17) is 10.8 Å². The van der Waals surface area contributed by atoms with E-state index in [1.54, 1.807) is 12.4 Å². The molecule has 1 aromatic carbocycles. The van der Waals surface area contributed by atoms with Gasteiger partial charge in [-0.2, -0.15) is 0 Å². The van der Waals surface area contributed by atoms with Crippen molar-refractivity contribution in [3.63, 3.8) is 0 Å². The zero-order valence-electron chi connectivity index (χ0n) is 13.5. The van der Waals surface area contributed by atoms with E-state index in [1.807, 2.05) is 43.3 Å². The van der Waals surface area contributed by atoms with Crippen LogP contribution in [0.5, 0.6) is 0 Å². The molecule has 0 saturated carbocycles. The summed E-state index contributed by atoms with van der Waals surface area (Å²) < 4.78 is 0. The Morgan fingerprint density at radius 1 is 1.16 bits per heavy atom. The first kappa shape index (κ1) is 16.3. The van der Waals surface area contributed by atoms with Crippen molar-refractivity contribution >= 4 is 18.0 Å². The third-order valence-electron chi connectivity index (χ3n) is 3.64. The van der Waals surface area contributed by atoms with Crippen LogP contribution in [-0.4, -0.2) is 26.0 Å². The van der Waals surface area contributed by atoms with Crippen LogP contribution >= 0.6 is 0 Å². The van der Waals surface area contributed by atoms with Crippen LogP contribution < -0.4 is 5.73 Å². The van der Waals surface area contributed by atoms with Gasteiger partial charge in [-0.25, -0.2) is 14.8 Å². The van der Waals surface area contributed by atoms with Gasteiger partial charge in [0.1, 0.15) is 0 Å². The molecule has 0 unspecified atom stereocenters. The number of carboxylic acids is 1. The second-order valence-corrected chi connectivity index (χ2v) is 5.43. The maximum atomic E-state index is 10.7. The number of nitrogens with two attached hydrogens (primary N) is 1. The monoisotopic (exact) mass is 332 g/mol. The van der Waals surface area contributed by atoms with Gasteiger partial charge in [-0.05, 0) is 30.7 Å². The molecule has 6 heteroatoms. The van der Waals surface area contributed by atoms with Crippen LogP contribution in [0.4, 0.5) is 5.95 Å². The highest BCUT2D eigenvalue weighted by molar-refractivity contribution is 5.87. The van der Waals surface area contributed by atoms with Crippen LogP contribution in [0.1, 0.15) is 11.3 Å². The van der Waals surface area contributed by atoms with E-state index in [0.717, 1.165) is 34.0 Å². The number of aliphatic carboxylic acids is 1. The highest BCUT2D eigenvalue weighted by Gasteiger charge is 2.15. The van der Waals surface area contributed by atoms with Crippen LogP contribution in [0.25, 0.3) is 28.5 Å². The number of carbonyl (C=O) groups is 1. The Balaban J connectivity index is 2.18. The van der Waals surface area contributed by atoms with E-state index in [2.05, 4.69) is 15.0 Å². The lowest BCUT2D eigenvalue weighted by atomic mass is 9.98. The number of nitrogens with zero attached hydrogens (tertiary/aromatic N) is 3. The van der Waals surface area contributed by atoms with Crippen molar-refractivity contribution < 1.29 is 9.90 Å². The Morgan fingerprint density at radius 3 is 2.68 bits per heavy atom. The van der Waals surface area contributed by atoms with Crippen molar-refractivity contribution in [3.05, 3.63) is 66.1 Å². The molecule has 0 bridgehead atoms. The van der Waals surface area contributed by atoms with Gasteiger partial charge < -0.3 is 10.8 Å². The zero-order chi connectivity index (χ0) is 17.8. The number of aromatic nitrogens is 3. The van der Waals surface area contributed by atoms with Crippen molar-refractivity contribution in [2.45, 2.75) is 6.92 Å². The summed E-state index contributed by atoms with van der Waals surface area (Å²) in [5.74, 6) is -0.810. The summed E-state index contributed by atoms with van der Waals surface area (Å²) in [6.07, 6.45) is 6.08. The van der Waals surface area contributed by atoms with Gasteiger partial charge >= 0.3 is 5.97 Å². The number of nitrogen functional groups attached to an aromatic ring is 1. The lowest BCUT2D eigenvalue weighted by Gasteiger charge is -2.13. The summed E-state index contributed by atoms with van der Waals surface area (Å²) in [4.78, 5) is 23.6. The molecular formula is C19H16N4O2. The van der Waals surface area contributed by atoms with Crippen molar-refractivity contribution in [2.24, 2.45) is 0 Å². The van der Waals surface area contributed by atoms with Gasteiger partial charge in [0.25, 0.3) is 0 Å². The molecule has 0 radical (unpaired) electrons. The second kappa shape index (κ2) is 6.92. The highest BCUT2D eigenvalue weighted by atomic mass is 16.4. The van der Waals surface area contributed by atoms with Gasteiger partial charge in [0, 0.05) is 35.2 Å². The lowest BCUT2D eigenvalue weighted by molar-refractivity contribution is -0.131. The van der Waals surface area contributed by atoms with E-state index in [1.165, 1.54) is 6.08 Å². The molecule has 3 rings (SSSR count). The molecule has 0 amide bonds. The summed E-state index contributed by atoms with van der Waals surface area (Å²) in [5, 5.41) is 8.80. The second-order valence-electron chi connectivity index (χ2n) is 5.43. The largest absolute Gasteiger partial charge is 0.478 e. The Hall–Kier alpha value is -3.54. The molecule has 0 aliphatic rings. The van der Waals surface area contributed by atoms with E-state index in [-0.39, 0.29) is 5.95 Å². The van der Waals surface area contributed by atoms with E-state index < -0.39 is 5.97 Å². The molecule has 2 aromatic heterocycles. The number of rotatable bonds is 4. The maximum Gasteiger partial charge on any atom is 0.328 e. The van der Waals surface area contributed by atoms with E-state index >= 15 is 0 Å². The van der Waals surface area contributed by atoms with Gasteiger partial charge in [0.15, 0.2) is 0 Å². The van der Waals surface area contributed by atoms with Crippen LogP contribution in [-0.2, 0) is 4.79 Å². The Morgan fingerprint density at radius 2 is 1.96 bits per heavy atom. The van der Waals surface area contributed by atoms with E-state index in [9.17, 15) is 4.79 Å². The number of anilines is 1. The van der Waals surface area contributed by atoms with Crippen LogP contribution in [0, 0.1) is 6.92 Å². The normalized spacial score (nSPS) is 10.9. The summed E-state index contributed by atoms with van der Waals surface area (Å²) in [6, 6.07) is 11.2. The molecule has 0 fully saturated rings. The predicted octanol–water partition coefficient (Wildman–Crippen LogP) is 3.19. The average molecular weight is 332 g/mol. The van der Waals surface area contributed by atoms with Crippen LogP contribution in [0.3, 0.4) is 0 Å². The molecule has 6 nitrogen and oxygen atoms in total. The maximum absolute atomic E-state index is 10.7. The molecule has 0 aliphatic heterocycles. The fourth-order valence-electron chi connectivity index (χ4n) is 2.62. The van der Waals surface area contributed by atoms with Crippen LogP contribution in [0.2, 0.25) is 0 Å². The first-order valence-electron chi connectivity index (χ1n) is 7.60. The average Bonchev–Trinajstić information content (AvgIpc) is 2.60. The van der Waals surface area contributed by atoms with Crippen molar-refractivity contribution in [3.8, 4) is 22.4 Å². The fourth-order valence-corrected chi connectivity index (χ4v) is 2.62. The molecule has 0 aliphatic carbocycles. The standard InChI is InChI=1S/C19H16N4O2/c1-12-17(15-6-3-9-21-11-15)18(23-19(20)22-12)14-5-2-4-13(10-14)7-8-16(24)25/h2-11H,1H3,(H,24,25)(H2,20,22,23)/b8-7+. The predicted molar refractivity (Wildman–Crippen MR) is 96.5 cm³/mol. The first-order valence-corrected chi connectivity index (χ1v) is 7.60. The molecule has 0 atom stereocenters. The van der Waals surface area contributed by atoms with Gasteiger partial charge in [0.05, 0.1) is 11.4 Å².